The summed E-state index contributed by atoms with van der Waals surface area (Å²) in [4.78, 5) is 17.6. The molecule has 4 nitrogen and oxygen atoms in total. The minimum absolute atomic E-state index is 0. The molecule has 5 rings (SSSR count). The van der Waals surface area contributed by atoms with Crippen LogP contribution in [0, 0.1) is 11.7 Å². The molecule has 228 valence electrons. The molecule has 0 spiro atoms. The molecule has 2 aliphatic rings. The Morgan fingerprint density at radius 1 is 0.833 bits per heavy atom. The Balaban J connectivity index is 0.00000242. The van der Waals surface area contributed by atoms with Gasteiger partial charge in [0, 0.05) is 43.7 Å². The van der Waals surface area contributed by atoms with Crippen molar-refractivity contribution in [2.24, 2.45) is 5.92 Å². The Morgan fingerprint density at radius 2 is 1.45 bits per heavy atom. The van der Waals surface area contributed by atoms with E-state index in [2.05, 4.69) is 9.80 Å². The zero-order chi connectivity index (χ0) is 28.1. The second-order valence-electron chi connectivity index (χ2n) is 10.9. The number of alkyl halides is 3. The van der Waals surface area contributed by atoms with Crippen molar-refractivity contribution in [3.63, 3.8) is 0 Å². The lowest BCUT2D eigenvalue weighted by atomic mass is 9.90. The molecule has 0 bridgehead atoms. The van der Waals surface area contributed by atoms with Crippen molar-refractivity contribution in [2.75, 3.05) is 26.2 Å². The van der Waals surface area contributed by atoms with Crippen molar-refractivity contribution in [2.45, 2.75) is 51.5 Å². The number of hydrogen-bond donors (Lipinski definition) is 0. The van der Waals surface area contributed by atoms with Gasteiger partial charge in [0.15, 0.2) is 5.78 Å². The molecule has 0 radical (unpaired) electrons. The molecule has 42 heavy (non-hydrogen) atoms. The van der Waals surface area contributed by atoms with Gasteiger partial charge >= 0.3 is 6.18 Å². The summed E-state index contributed by atoms with van der Waals surface area (Å²) in [5.41, 5.74) is 2.98. The highest BCUT2D eigenvalue weighted by Crippen LogP contribution is 2.30. The van der Waals surface area contributed by atoms with Gasteiger partial charge in [0.05, 0.1) is 5.56 Å². The van der Waals surface area contributed by atoms with Crippen LogP contribution in [0.15, 0.2) is 66.7 Å². The molecule has 2 aliphatic heterocycles. The zero-order valence-electron chi connectivity index (χ0n) is 23.2. The quantitative estimate of drug-likeness (QED) is 0.188. The van der Waals surface area contributed by atoms with Gasteiger partial charge in [-0.1, -0.05) is 24.3 Å². The molecule has 0 atom stereocenters. The lowest BCUT2D eigenvalue weighted by molar-refractivity contribution is -0.137. The van der Waals surface area contributed by atoms with E-state index >= 15 is 0 Å². The van der Waals surface area contributed by atoms with E-state index in [1.807, 2.05) is 18.2 Å². The standard InChI is InChI=1S/C32H34F4N2O2.2ClH/c33-29-9-3-25(4-10-29)21-38-17-18-40-31-12-6-26(19-27(31)22-38)30(39)11-5-23-13-15-37(16-14-23)20-24-1-7-28(8-2-24)32(34,35)36;;/h1-4,6-10,12,19,23H,5,11,13-18,20-22H2;2*1H. The number of ether oxygens (including phenoxy) is 1. The molecule has 0 amide bonds. The Hall–Kier alpha value is -2.65. The fraction of sp³-hybridized carbons (Fsp3) is 0.406. The van der Waals surface area contributed by atoms with Crippen molar-refractivity contribution in [3.05, 3.63) is 100 Å². The van der Waals surface area contributed by atoms with Crippen LogP contribution >= 0.6 is 24.8 Å². The smallest absolute Gasteiger partial charge is 0.416 e. The van der Waals surface area contributed by atoms with Crippen LogP contribution in [0.2, 0.25) is 0 Å². The minimum Gasteiger partial charge on any atom is -0.492 e. The molecule has 1 fully saturated rings. The maximum atomic E-state index is 13.3. The van der Waals surface area contributed by atoms with Crippen LogP contribution in [0.25, 0.3) is 0 Å². The fourth-order valence-electron chi connectivity index (χ4n) is 5.58. The maximum absolute atomic E-state index is 13.3. The Labute approximate surface area is 256 Å². The summed E-state index contributed by atoms with van der Waals surface area (Å²) in [5.74, 6) is 1.14. The molecule has 3 aromatic carbocycles. The number of piperidine rings is 1. The first-order valence-corrected chi connectivity index (χ1v) is 13.9. The van der Waals surface area contributed by atoms with E-state index in [1.54, 1.807) is 24.3 Å². The average Bonchev–Trinajstić information content (AvgIpc) is 3.14. The number of fused-ring (bicyclic) bond motifs is 1. The van der Waals surface area contributed by atoms with Crippen molar-refractivity contribution in [1.82, 2.24) is 9.80 Å². The van der Waals surface area contributed by atoms with Crippen molar-refractivity contribution >= 4 is 30.6 Å². The van der Waals surface area contributed by atoms with E-state index in [-0.39, 0.29) is 36.4 Å². The van der Waals surface area contributed by atoms with Gasteiger partial charge in [-0.3, -0.25) is 14.6 Å². The van der Waals surface area contributed by atoms with Crippen LogP contribution in [0.5, 0.6) is 5.75 Å². The van der Waals surface area contributed by atoms with Crippen molar-refractivity contribution in [3.8, 4) is 5.75 Å². The van der Waals surface area contributed by atoms with Crippen LogP contribution in [-0.2, 0) is 25.8 Å². The van der Waals surface area contributed by atoms with Gasteiger partial charge in [-0.15, -0.1) is 24.8 Å². The monoisotopic (exact) mass is 626 g/mol. The molecule has 0 aliphatic carbocycles. The van der Waals surface area contributed by atoms with Gasteiger partial charge in [-0.2, -0.15) is 13.2 Å². The minimum atomic E-state index is -4.31. The summed E-state index contributed by atoms with van der Waals surface area (Å²) in [6.45, 7) is 5.02. The highest BCUT2D eigenvalue weighted by Gasteiger charge is 2.30. The topological polar surface area (TPSA) is 32.8 Å². The van der Waals surface area contributed by atoms with Crippen LogP contribution in [0.1, 0.15) is 58.3 Å². The third kappa shape index (κ3) is 9.17. The lowest BCUT2D eigenvalue weighted by Gasteiger charge is -2.32. The third-order valence-electron chi connectivity index (χ3n) is 7.94. The number of Topliss-reactive ketones (excluding diaryl/α,β-unsaturated/α-hetero) is 1. The number of nitrogens with zero attached hydrogens (tertiary/aromatic N) is 2. The van der Waals surface area contributed by atoms with Crippen LogP contribution in [-0.4, -0.2) is 41.8 Å². The second-order valence-corrected chi connectivity index (χ2v) is 10.9. The van der Waals surface area contributed by atoms with E-state index in [9.17, 15) is 22.4 Å². The normalized spacial score (nSPS) is 16.4. The number of carbonyl (C=O) groups is 1. The number of rotatable bonds is 8. The molecule has 10 heteroatoms. The van der Waals surface area contributed by atoms with Crippen LogP contribution < -0.4 is 4.74 Å². The van der Waals surface area contributed by atoms with Crippen LogP contribution in [0.3, 0.4) is 0 Å². The number of carbonyl (C=O) groups excluding carboxylic acids is 1. The SMILES string of the molecule is Cl.Cl.O=C(CCC1CCN(Cc2ccc(C(F)(F)F)cc2)CC1)c1ccc2c(c1)CN(Cc1ccc(F)cc1)CCO2. The number of likely N-dealkylation sites (tertiary alicyclic amines) is 1. The maximum Gasteiger partial charge on any atom is 0.416 e. The molecule has 1 saturated heterocycles. The first-order valence-electron chi connectivity index (χ1n) is 13.9. The van der Waals surface area contributed by atoms with E-state index in [0.717, 1.165) is 73.5 Å². The molecule has 0 aromatic heterocycles. The Kier molecular flexibility index (Phi) is 12.2. The first-order chi connectivity index (χ1) is 19.2. The van der Waals surface area contributed by atoms with E-state index in [1.165, 1.54) is 12.1 Å². The van der Waals surface area contributed by atoms with E-state index < -0.39 is 11.7 Å². The van der Waals surface area contributed by atoms with E-state index in [0.29, 0.717) is 44.1 Å². The predicted molar refractivity (Wildman–Crippen MR) is 160 cm³/mol. The van der Waals surface area contributed by atoms with Gasteiger partial charge in [-0.25, -0.2) is 4.39 Å². The average molecular weight is 628 g/mol. The largest absolute Gasteiger partial charge is 0.492 e. The number of halogens is 6. The summed E-state index contributed by atoms with van der Waals surface area (Å²) in [6.07, 6.45) is -1.04. The predicted octanol–water partition coefficient (Wildman–Crippen LogP) is 7.96. The van der Waals surface area contributed by atoms with Crippen LogP contribution in [0.4, 0.5) is 17.6 Å². The van der Waals surface area contributed by atoms with Crippen molar-refractivity contribution < 1.29 is 27.1 Å². The molecule has 2 heterocycles. The number of hydrogen-bond acceptors (Lipinski definition) is 4. The Morgan fingerprint density at radius 3 is 2.10 bits per heavy atom. The fourth-order valence-corrected chi connectivity index (χ4v) is 5.58. The van der Waals surface area contributed by atoms with Gasteiger partial charge in [-0.05, 0) is 91.9 Å². The molecular weight excluding hydrogens is 591 g/mol. The van der Waals surface area contributed by atoms with Gasteiger partial charge < -0.3 is 4.74 Å². The second kappa shape index (κ2) is 15.2. The van der Waals surface area contributed by atoms with Crippen molar-refractivity contribution in [1.29, 1.82) is 0 Å². The molecular formula is C32H36Cl2F4N2O2. The zero-order valence-corrected chi connectivity index (χ0v) is 24.9. The van der Waals surface area contributed by atoms with Gasteiger partial charge in [0.1, 0.15) is 18.2 Å². The third-order valence-corrected chi connectivity index (χ3v) is 7.94. The van der Waals surface area contributed by atoms with Gasteiger partial charge in [0.25, 0.3) is 0 Å². The number of benzene rings is 3. The summed E-state index contributed by atoms with van der Waals surface area (Å²) in [6, 6.07) is 17.6. The summed E-state index contributed by atoms with van der Waals surface area (Å²) in [7, 11) is 0. The first kappa shape index (κ1) is 33.8. The lowest BCUT2D eigenvalue weighted by Crippen LogP contribution is -2.33. The molecule has 0 N–H and O–H groups in total. The highest BCUT2D eigenvalue weighted by molar-refractivity contribution is 5.96. The van der Waals surface area contributed by atoms with Gasteiger partial charge in [0.2, 0.25) is 0 Å². The molecule has 0 saturated carbocycles. The summed E-state index contributed by atoms with van der Waals surface area (Å²) in [5, 5.41) is 0. The summed E-state index contributed by atoms with van der Waals surface area (Å²) >= 11 is 0. The number of ketones is 1. The van der Waals surface area contributed by atoms with E-state index in [4.69, 9.17) is 4.74 Å². The Bertz CT molecular complexity index is 1300. The highest BCUT2D eigenvalue weighted by atomic mass is 35.5. The molecule has 3 aromatic rings. The summed E-state index contributed by atoms with van der Waals surface area (Å²) < 4.78 is 57.6. The molecule has 0 unspecified atom stereocenters.